The maximum absolute atomic E-state index is 11.6. The number of aliphatic hydroxyl groups excluding tert-OH is 1. The van der Waals surface area contributed by atoms with E-state index in [9.17, 15) is 19.5 Å². The minimum Gasteiger partial charge on any atom is -0.466 e. The predicted molar refractivity (Wildman–Crippen MR) is 74.8 cm³/mol. The summed E-state index contributed by atoms with van der Waals surface area (Å²) in [6, 6.07) is 8.27. The molecular weight excluding hydrogens is 292 g/mol. The van der Waals surface area contributed by atoms with Gasteiger partial charge in [0.1, 0.15) is 5.75 Å². The highest BCUT2D eigenvalue weighted by atomic mass is 16.6. The third kappa shape index (κ3) is 6.67. The lowest BCUT2D eigenvalue weighted by Crippen LogP contribution is -2.27. The van der Waals surface area contributed by atoms with Crippen molar-refractivity contribution >= 4 is 17.9 Å². The van der Waals surface area contributed by atoms with E-state index in [0.717, 1.165) is 12.2 Å². The van der Waals surface area contributed by atoms with Gasteiger partial charge in [0, 0.05) is 18.6 Å². The van der Waals surface area contributed by atoms with Gasteiger partial charge >= 0.3 is 17.9 Å². The zero-order chi connectivity index (χ0) is 16.4. The van der Waals surface area contributed by atoms with Gasteiger partial charge in [0.05, 0.1) is 13.7 Å². The van der Waals surface area contributed by atoms with Crippen LogP contribution in [-0.2, 0) is 23.9 Å². The minimum atomic E-state index is -1.42. The molecule has 118 valence electrons. The third-order valence-corrected chi connectivity index (χ3v) is 2.43. The van der Waals surface area contributed by atoms with Gasteiger partial charge in [-0.1, -0.05) is 18.2 Å². The number of methoxy groups -OCH3 is 1. The van der Waals surface area contributed by atoms with Crippen LogP contribution in [0.15, 0.2) is 42.5 Å². The van der Waals surface area contributed by atoms with Crippen molar-refractivity contribution < 1.29 is 33.7 Å². The molecule has 7 heteroatoms. The van der Waals surface area contributed by atoms with E-state index in [4.69, 9.17) is 9.47 Å². The van der Waals surface area contributed by atoms with Gasteiger partial charge in [-0.15, -0.1) is 0 Å². The maximum atomic E-state index is 11.6. The number of para-hydroxylation sites is 1. The molecule has 0 fully saturated rings. The fraction of sp³-hybridized carbons (Fsp3) is 0.267. The average molecular weight is 308 g/mol. The molecule has 0 radical (unpaired) electrons. The van der Waals surface area contributed by atoms with Crippen molar-refractivity contribution in [1.82, 2.24) is 0 Å². The second-order valence-corrected chi connectivity index (χ2v) is 4.06. The molecular formula is C15H16O7. The quantitative estimate of drug-likeness (QED) is 0.447. The molecule has 0 bridgehead atoms. The number of rotatable bonds is 7. The molecule has 1 aromatic rings. The zero-order valence-electron chi connectivity index (χ0n) is 11.9. The summed E-state index contributed by atoms with van der Waals surface area (Å²) < 4.78 is 13.9. The fourth-order valence-corrected chi connectivity index (χ4v) is 1.31. The molecule has 0 aliphatic carbocycles. The molecule has 0 aliphatic rings. The molecule has 0 amide bonds. The van der Waals surface area contributed by atoms with Gasteiger partial charge in [0.15, 0.2) is 6.10 Å². The molecule has 0 aromatic heterocycles. The Kier molecular flexibility index (Phi) is 7.35. The highest BCUT2D eigenvalue weighted by Crippen LogP contribution is 2.10. The minimum absolute atomic E-state index is 0.122. The third-order valence-electron chi connectivity index (χ3n) is 2.43. The summed E-state index contributed by atoms with van der Waals surface area (Å²) in [6.07, 6.45) is 0.254. The normalized spacial score (nSPS) is 11.7. The molecule has 0 heterocycles. The van der Waals surface area contributed by atoms with Crippen molar-refractivity contribution in [2.24, 2.45) is 0 Å². The van der Waals surface area contributed by atoms with Crippen LogP contribution in [0.5, 0.6) is 5.75 Å². The topological polar surface area (TPSA) is 99.1 Å². The van der Waals surface area contributed by atoms with Gasteiger partial charge in [-0.25, -0.2) is 14.4 Å². The molecule has 1 aromatic carbocycles. The van der Waals surface area contributed by atoms with Crippen molar-refractivity contribution in [2.75, 3.05) is 13.7 Å². The molecule has 0 saturated carbocycles. The van der Waals surface area contributed by atoms with E-state index in [1.165, 1.54) is 7.11 Å². The second-order valence-electron chi connectivity index (χ2n) is 4.06. The second kappa shape index (κ2) is 9.30. The summed E-state index contributed by atoms with van der Waals surface area (Å²) in [5.74, 6) is -2.01. The largest absolute Gasteiger partial charge is 0.466 e. The molecule has 0 spiro atoms. The summed E-state index contributed by atoms with van der Waals surface area (Å²) in [5, 5.41) is 9.59. The number of ether oxygens (including phenoxy) is 3. The van der Waals surface area contributed by atoms with Gasteiger partial charge < -0.3 is 19.3 Å². The number of carbonyl (C=O) groups excluding carboxylic acids is 3. The highest BCUT2D eigenvalue weighted by molar-refractivity contribution is 5.91. The van der Waals surface area contributed by atoms with Gasteiger partial charge in [0.25, 0.3) is 0 Å². The summed E-state index contributed by atoms with van der Waals surface area (Å²) in [6.45, 7) is -0.199. The summed E-state index contributed by atoms with van der Waals surface area (Å²) >= 11 is 0. The highest BCUT2D eigenvalue weighted by Gasteiger charge is 2.17. The molecule has 0 aliphatic heterocycles. The van der Waals surface area contributed by atoms with Crippen LogP contribution >= 0.6 is 0 Å². The molecule has 1 N–H and O–H groups in total. The summed E-state index contributed by atoms with van der Waals surface area (Å²) in [7, 11) is 1.17. The smallest absolute Gasteiger partial charge is 0.340 e. The number of esters is 3. The van der Waals surface area contributed by atoms with Crippen LogP contribution in [0.2, 0.25) is 0 Å². The van der Waals surface area contributed by atoms with E-state index >= 15 is 0 Å². The van der Waals surface area contributed by atoms with Crippen LogP contribution in [0.3, 0.4) is 0 Å². The number of hydrogen-bond donors (Lipinski definition) is 1. The molecule has 0 saturated heterocycles. The Morgan fingerprint density at radius 3 is 2.41 bits per heavy atom. The fourth-order valence-electron chi connectivity index (χ4n) is 1.31. The number of benzene rings is 1. The lowest BCUT2D eigenvalue weighted by atomic mass is 10.2. The first-order chi connectivity index (χ1) is 10.5. The molecule has 7 nitrogen and oxygen atoms in total. The average Bonchev–Trinajstić information content (AvgIpc) is 2.53. The van der Waals surface area contributed by atoms with Crippen molar-refractivity contribution in [1.29, 1.82) is 0 Å². The lowest BCUT2D eigenvalue weighted by Gasteiger charge is -2.10. The van der Waals surface area contributed by atoms with Gasteiger partial charge in [-0.05, 0) is 12.1 Å². The monoisotopic (exact) mass is 308 g/mol. The first kappa shape index (κ1) is 17.4. The van der Waals surface area contributed by atoms with E-state index in [1.807, 2.05) is 0 Å². The van der Waals surface area contributed by atoms with E-state index in [2.05, 4.69) is 4.74 Å². The molecule has 1 unspecified atom stereocenters. The van der Waals surface area contributed by atoms with Gasteiger partial charge in [0.2, 0.25) is 0 Å². The van der Waals surface area contributed by atoms with Crippen LogP contribution in [0.25, 0.3) is 0 Å². The van der Waals surface area contributed by atoms with E-state index in [-0.39, 0.29) is 13.0 Å². The Bertz CT molecular complexity index is 536. The number of carbonyl (C=O) groups is 3. The molecule has 22 heavy (non-hydrogen) atoms. The Morgan fingerprint density at radius 2 is 1.77 bits per heavy atom. The van der Waals surface area contributed by atoms with Crippen LogP contribution in [-0.4, -0.2) is 42.8 Å². The SMILES string of the molecule is COC(=O)/C=C/C(=O)OCCC(O)C(=O)Oc1ccccc1. The Hall–Kier alpha value is -2.67. The number of aliphatic hydroxyl groups is 1. The predicted octanol–water partition coefficient (Wildman–Crippen LogP) is 0.615. The first-order valence-corrected chi connectivity index (χ1v) is 6.40. The van der Waals surface area contributed by atoms with E-state index in [1.54, 1.807) is 30.3 Å². The van der Waals surface area contributed by atoms with Crippen LogP contribution < -0.4 is 4.74 Å². The Morgan fingerprint density at radius 1 is 1.14 bits per heavy atom. The Balaban J connectivity index is 2.29. The first-order valence-electron chi connectivity index (χ1n) is 6.40. The summed E-state index contributed by atoms with van der Waals surface area (Å²) in [5.41, 5.74) is 0. The van der Waals surface area contributed by atoms with Gasteiger partial charge in [-0.3, -0.25) is 0 Å². The van der Waals surface area contributed by atoms with E-state index in [0.29, 0.717) is 5.75 Å². The number of hydrogen-bond acceptors (Lipinski definition) is 7. The van der Waals surface area contributed by atoms with Crippen molar-refractivity contribution in [3.63, 3.8) is 0 Å². The van der Waals surface area contributed by atoms with Crippen LogP contribution in [0.4, 0.5) is 0 Å². The zero-order valence-corrected chi connectivity index (χ0v) is 11.9. The maximum Gasteiger partial charge on any atom is 0.340 e. The summed E-state index contributed by atoms with van der Waals surface area (Å²) in [4.78, 5) is 33.5. The Labute approximate surface area is 127 Å². The van der Waals surface area contributed by atoms with Crippen molar-refractivity contribution in [2.45, 2.75) is 12.5 Å². The van der Waals surface area contributed by atoms with Crippen molar-refractivity contribution in [3.8, 4) is 5.75 Å². The van der Waals surface area contributed by atoms with Gasteiger partial charge in [-0.2, -0.15) is 0 Å². The standard InChI is InChI=1S/C15H16O7/c1-20-13(17)7-8-14(18)21-10-9-12(16)15(19)22-11-5-3-2-4-6-11/h2-8,12,16H,9-10H2,1H3/b8-7+. The molecule has 1 atom stereocenters. The van der Waals surface area contributed by atoms with Crippen molar-refractivity contribution in [3.05, 3.63) is 42.5 Å². The lowest BCUT2D eigenvalue weighted by molar-refractivity contribution is -0.147. The van der Waals surface area contributed by atoms with Crippen LogP contribution in [0.1, 0.15) is 6.42 Å². The van der Waals surface area contributed by atoms with E-state index < -0.39 is 24.0 Å². The van der Waals surface area contributed by atoms with Crippen LogP contribution in [0, 0.1) is 0 Å². The molecule has 1 rings (SSSR count).